The van der Waals surface area contributed by atoms with Crippen molar-refractivity contribution in [1.82, 2.24) is 9.88 Å². The van der Waals surface area contributed by atoms with Gasteiger partial charge in [-0.25, -0.2) is 9.88 Å². The maximum absolute atomic E-state index is 14.1. The van der Waals surface area contributed by atoms with Crippen molar-refractivity contribution in [2.24, 2.45) is 0 Å². The van der Waals surface area contributed by atoms with E-state index >= 15 is 0 Å². The van der Waals surface area contributed by atoms with Gasteiger partial charge in [0.25, 0.3) is 5.91 Å². The van der Waals surface area contributed by atoms with Crippen molar-refractivity contribution in [1.29, 1.82) is 0 Å². The first-order valence-corrected chi connectivity index (χ1v) is 14.6. The van der Waals surface area contributed by atoms with Crippen LogP contribution in [0.15, 0.2) is 83.2 Å². The van der Waals surface area contributed by atoms with Crippen LogP contribution in [0.2, 0.25) is 0 Å². The SMILES string of the molecule is CCOc1ccc2nc(SC(CC)C(=O)N(Cc3ccccc3)C3CC(=O)N(c4ccccc4)C3=O)sc2c1. The quantitative estimate of drug-likeness (QED) is 0.177. The van der Waals surface area contributed by atoms with Gasteiger partial charge in [-0.3, -0.25) is 14.4 Å². The second kappa shape index (κ2) is 12.0. The number of hydrogen-bond donors (Lipinski definition) is 0. The van der Waals surface area contributed by atoms with Gasteiger partial charge in [0.15, 0.2) is 4.34 Å². The number of nitrogens with zero attached hydrogens (tertiary/aromatic N) is 3. The maximum Gasteiger partial charge on any atom is 0.257 e. The molecule has 2 unspecified atom stereocenters. The molecule has 3 aromatic carbocycles. The molecule has 1 fully saturated rings. The predicted octanol–water partition coefficient (Wildman–Crippen LogP) is 5.93. The van der Waals surface area contributed by atoms with Crippen LogP contribution in [-0.4, -0.2) is 45.5 Å². The summed E-state index contributed by atoms with van der Waals surface area (Å²) in [7, 11) is 0. The third-order valence-corrected chi connectivity index (χ3v) is 9.00. The summed E-state index contributed by atoms with van der Waals surface area (Å²) in [4.78, 5) is 48.2. The summed E-state index contributed by atoms with van der Waals surface area (Å²) in [6, 6.07) is 23.3. The van der Waals surface area contributed by atoms with Gasteiger partial charge >= 0.3 is 0 Å². The van der Waals surface area contributed by atoms with Crippen LogP contribution in [0.4, 0.5) is 5.69 Å². The number of imide groups is 1. The van der Waals surface area contributed by atoms with E-state index in [4.69, 9.17) is 9.72 Å². The minimum atomic E-state index is -0.871. The van der Waals surface area contributed by atoms with Crippen molar-refractivity contribution in [3.05, 3.63) is 84.4 Å². The highest BCUT2D eigenvalue weighted by atomic mass is 32.2. The zero-order valence-electron chi connectivity index (χ0n) is 21.8. The zero-order chi connectivity index (χ0) is 27.4. The fraction of sp³-hybridized carbons (Fsp3) is 0.267. The Hall–Kier alpha value is -3.69. The third kappa shape index (κ3) is 5.84. The highest BCUT2D eigenvalue weighted by molar-refractivity contribution is 8.02. The molecule has 1 aromatic heterocycles. The number of fused-ring (bicyclic) bond motifs is 1. The van der Waals surface area contributed by atoms with Gasteiger partial charge in [0.2, 0.25) is 11.8 Å². The van der Waals surface area contributed by atoms with E-state index in [2.05, 4.69) is 0 Å². The third-order valence-electron chi connectivity index (χ3n) is 6.53. The summed E-state index contributed by atoms with van der Waals surface area (Å²) in [6.45, 7) is 4.72. The van der Waals surface area contributed by atoms with Crippen molar-refractivity contribution < 1.29 is 19.1 Å². The molecule has 1 aliphatic heterocycles. The molecule has 3 amide bonds. The molecule has 1 saturated heterocycles. The highest BCUT2D eigenvalue weighted by Gasteiger charge is 2.45. The van der Waals surface area contributed by atoms with Crippen LogP contribution in [0.25, 0.3) is 10.2 Å². The normalized spacial score (nSPS) is 16.1. The minimum Gasteiger partial charge on any atom is -0.494 e. The number of thioether (sulfide) groups is 1. The first-order chi connectivity index (χ1) is 19.0. The van der Waals surface area contributed by atoms with Gasteiger partial charge in [0, 0.05) is 6.54 Å². The first kappa shape index (κ1) is 26.9. The van der Waals surface area contributed by atoms with E-state index in [1.54, 1.807) is 29.2 Å². The Kier molecular flexibility index (Phi) is 8.28. The molecule has 0 aliphatic carbocycles. The standard InChI is InChI=1S/C30H29N3O4S2/c1-3-25(38-30-31-23-16-15-22(37-4-2)17-26(23)39-30)29(36)32(19-20-11-7-5-8-12-20)24-18-27(34)33(28(24)35)21-13-9-6-10-14-21/h5-17,24-25H,3-4,18-19H2,1-2H3. The number of anilines is 1. The van der Waals surface area contributed by atoms with Crippen LogP contribution in [0.1, 0.15) is 32.3 Å². The molecule has 2 atom stereocenters. The fourth-order valence-corrected chi connectivity index (χ4v) is 6.97. The first-order valence-electron chi connectivity index (χ1n) is 12.9. The van der Waals surface area contributed by atoms with Crippen LogP contribution in [0.5, 0.6) is 5.75 Å². The number of ether oxygens (including phenoxy) is 1. The lowest BCUT2D eigenvalue weighted by Crippen LogP contribution is -2.48. The van der Waals surface area contributed by atoms with E-state index in [1.807, 2.05) is 68.4 Å². The van der Waals surface area contributed by atoms with Gasteiger partial charge in [-0.1, -0.05) is 67.2 Å². The summed E-state index contributed by atoms with van der Waals surface area (Å²) in [6.07, 6.45) is 0.501. The van der Waals surface area contributed by atoms with Gasteiger partial charge in [0.1, 0.15) is 11.8 Å². The fourth-order valence-electron chi connectivity index (χ4n) is 4.64. The minimum absolute atomic E-state index is 0.0469. The number of carbonyl (C=O) groups is 3. The number of aromatic nitrogens is 1. The van der Waals surface area contributed by atoms with Crippen molar-refractivity contribution in [2.45, 2.75) is 48.9 Å². The zero-order valence-corrected chi connectivity index (χ0v) is 23.4. The number of para-hydroxylation sites is 1. The Balaban J connectivity index is 1.42. The summed E-state index contributed by atoms with van der Waals surface area (Å²) < 4.78 is 7.38. The highest BCUT2D eigenvalue weighted by Crippen LogP contribution is 2.36. The Morgan fingerprint density at radius 2 is 1.79 bits per heavy atom. The largest absolute Gasteiger partial charge is 0.494 e. The van der Waals surface area contributed by atoms with E-state index in [-0.39, 0.29) is 30.7 Å². The summed E-state index contributed by atoms with van der Waals surface area (Å²) in [5.74, 6) is -0.0748. The Morgan fingerprint density at radius 3 is 2.49 bits per heavy atom. The average Bonchev–Trinajstić information content (AvgIpc) is 3.49. The lowest BCUT2D eigenvalue weighted by molar-refractivity contribution is -0.138. The van der Waals surface area contributed by atoms with Gasteiger partial charge in [0.05, 0.1) is 34.2 Å². The molecule has 39 heavy (non-hydrogen) atoms. The van der Waals surface area contributed by atoms with Gasteiger partial charge in [-0.05, 0) is 49.2 Å². The van der Waals surface area contributed by atoms with Crippen molar-refractivity contribution in [2.75, 3.05) is 11.5 Å². The second-order valence-electron chi connectivity index (χ2n) is 9.13. The molecular formula is C30H29N3O4S2. The number of hydrogen-bond acceptors (Lipinski definition) is 7. The molecule has 200 valence electrons. The molecule has 2 heterocycles. The summed E-state index contributed by atoms with van der Waals surface area (Å²) >= 11 is 2.92. The predicted molar refractivity (Wildman–Crippen MR) is 155 cm³/mol. The topological polar surface area (TPSA) is 79.8 Å². The van der Waals surface area contributed by atoms with E-state index in [1.165, 1.54) is 28.0 Å². The number of thiazole rings is 1. The monoisotopic (exact) mass is 559 g/mol. The number of carbonyl (C=O) groups excluding carboxylic acids is 3. The van der Waals surface area contributed by atoms with Gasteiger partial charge < -0.3 is 9.64 Å². The molecule has 9 heteroatoms. The molecule has 0 spiro atoms. The average molecular weight is 560 g/mol. The maximum atomic E-state index is 14.1. The molecule has 0 N–H and O–H groups in total. The van der Waals surface area contributed by atoms with Gasteiger partial charge in [-0.2, -0.15) is 0 Å². The molecule has 1 aliphatic rings. The van der Waals surface area contributed by atoms with E-state index in [0.717, 1.165) is 25.9 Å². The van der Waals surface area contributed by atoms with Crippen LogP contribution in [-0.2, 0) is 20.9 Å². The Bertz CT molecular complexity index is 1480. The van der Waals surface area contributed by atoms with E-state index < -0.39 is 11.3 Å². The second-order valence-corrected chi connectivity index (χ2v) is 11.6. The molecular weight excluding hydrogens is 530 g/mol. The van der Waals surface area contributed by atoms with Crippen LogP contribution in [0, 0.1) is 0 Å². The molecule has 0 saturated carbocycles. The van der Waals surface area contributed by atoms with Gasteiger partial charge in [-0.15, -0.1) is 11.3 Å². The van der Waals surface area contributed by atoms with Crippen molar-refractivity contribution in [3.63, 3.8) is 0 Å². The smallest absolute Gasteiger partial charge is 0.257 e. The molecule has 7 nitrogen and oxygen atoms in total. The lowest BCUT2D eigenvalue weighted by atomic mass is 10.1. The Labute approximate surface area is 235 Å². The molecule has 4 aromatic rings. The molecule has 0 radical (unpaired) electrons. The molecule has 0 bridgehead atoms. The molecule has 5 rings (SSSR count). The number of rotatable bonds is 10. The van der Waals surface area contributed by atoms with Crippen LogP contribution < -0.4 is 9.64 Å². The van der Waals surface area contributed by atoms with E-state index in [9.17, 15) is 14.4 Å². The Morgan fingerprint density at radius 1 is 1.08 bits per heavy atom. The van der Waals surface area contributed by atoms with Crippen molar-refractivity contribution in [3.8, 4) is 5.75 Å². The van der Waals surface area contributed by atoms with Crippen LogP contribution >= 0.6 is 23.1 Å². The van der Waals surface area contributed by atoms with E-state index in [0.29, 0.717) is 18.7 Å². The van der Waals surface area contributed by atoms with Crippen LogP contribution in [0.3, 0.4) is 0 Å². The summed E-state index contributed by atoms with van der Waals surface area (Å²) in [5, 5.41) is -0.464. The lowest BCUT2D eigenvalue weighted by Gasteiger charge is -2.30. The summed E-state index contributed by atoms with van der Waals surface area (Å²) in [5.41, 5.74) is 2.27. The number of amides is 3. The van der Waals surface area contributed by atoms with Crippen molar-refractivity contribution >= 4 is 56.7 Å². The number of benzene rings is 3.